The van der Waals surface area contributed by atoms with E-state index in [4.69, 9.17) is 5.73 Å². The van der Waals surface area contributed by atoms with E-state index in [0.29, 0.717) is 12.2 Å². The van der Waals surface area contributed by atoms with Crippen molar-refractivity contribution >= 4 is 34.0 Å². The summed E-state index contributed by atoms with van der Waals surface area (Å²) in [6.07, 6.45) is 6.32. The van der Waals surface area contributed by atoms with Crippen LogP contribution in [0.2, 0.25) is 0 Å². The highest BCUT2D eigenvalue weighted by Crippen LogP contribution is 2.26. The number of sulfone groups is 1. The molecule has 3 N–H and O–H groups in total. The van der Waals surface area contributed by atoms with Gasteiger partial charge in [-0.3, -0.25) is 9.48 Å². The minimum absolute atomic E-state index is 0. The van der Waals surface area contributed by atoms with Gasteiger partial charge in [0.2, 0.25) is 5.91 Å². The molecule has 0 bridgehead atoms. The number of anilines is 1. The van der Waals surface area contributed by atoms with Gasteiger partial charge in [-0.05, 0) is 18.8 Å². The Morgan fingerprint density at radius 2 is 2.23 bits per heavy atom. The zero-order chi connectivity index (χ0) is 15.5. The normalized spacial score (nSPS) is 21.4. The molecule has 0 aliphatic heterocycles. The fourth-order valence-corrected chi connectivity index (χ4v) is 3.08. The van der Waals surface area contributed by atoms with E-state index >= 15 is 0 Å². The lowest BCUT2D eigenvalue weighted by molar-refractivity contribution is -0.117. The van der Waals surface area contributed by atoms with Gasteiger partial charge in [0, 0.05) is 31.0 Å². The summed E-state index contributed by atoms with van der Waals surface area (Å²) in [6, 6.07) is 1.78. The van der Waals surface area contributed by atoms with Crippen molar-refractivity contribution in [1.82, 2.24) is 9.78 Å². The Morgan fingerprint density at radius 3 is 2.82 bits per heavy atom. The van der Waals surface area contributed by atoms with Crippen molar-refractivity contribution in [3.8, 4) is 0 Å². The van der Waals surface area contributed by atoms with Crippen molar-refractivity contribution in [2.24, 2.45) is 11.7 Å². The van der Waals surface area contributed by atoms with E-state index in [-0.39, 0.29) is 42.6 Å². The van der Waals surface area contributed by atoms with E-state index in [1.807, 2.05) is 0 Å². The fourth-order valence-electron chi connectivity index (χ4n) is 2.56. The summed E-state index contributed by atoms with van der Waals surface area (Å²) >= 11 is 0. The van der Waals surface area contributed by atoms with Crippen molar-refractivity contribution in [2.75, 3.05) is 17.3 Å². The maximum atomic E-state index is 11.9. The fraction of sp³-hybridized carbons (Fsp3) is 0.692. The summed E-state index contributed by atoms with van der Waals surface area (Å²) in [5.41, 5.74) is 5.95. The average molecular weight is 351 g/mol. The number of carbonyl (C=O) groups is 1. The number of hydrogen-bond acceptors (Lipinski definition) is 5. The first kappa shape index (κ1) is 18.9. The van der Waals surface area contributed by atoms with Gasteiger partial charge in [0.15, 0.2) is 5.82 Å². The van der Waals surface area contributed by atoms with Crippen LogP contribution in [0, 0.1) is 5.92 Å². The van der Waals surface area contributed by atoms with Crippen LogP contribution < -0.4 is 11.1 Å². The third-order valence-corrected chi connectivity index (χ3v) is 4.69. The van der Waals surface area contributed by atoms with E-state index in [9.17, 15) is 13.2 Å². The number of rotatable bonds is 6. The standard InChI is InChI=1S/C13H22N4O3S.ClH/c1-21(19,20)8-7-17-6-5-12(16-17)15-13(18)9-10-3-2-4-11(10)14;/h5-6,10-11H,2-4,7-9,14H2,1H3,(H,15,16,18);1H/t10-,11+;/m0./s1. The minimum Gasteiger partial charge on any atom is -0.327 e. The highest BCUT2D eigenvalue weighted by Gasteiger charge is 2.26. The minimum atomic E-state index is -3.02. The second-order valence-corrected chi connectivity index (χ2v) is 7.96. The molecule has 0 spiro atoms. The van der Waals surface area contributed by atoms with Gasteiger partial charge in [0.25, 0.3) is 0 Å². The lowest BCUT2D eigenvalue weighted by Crippen LogP contribution is -2.28. The number of aryl methyl sites for hydroxylation is 1. The summed E-state index contributed by atoms with van der Waals surface area (Å²) in [6.45, 7) is 0.280. The molecule has 1 fully saturated rings. The molecule has 7 nitrogen and oxygen atoms in total. The molecule has 0 unspecified atom stereocenters. The monoisotopic (exact) mass is 350 g/mol. The maximum absolute atomic E-state index is 11.9. The van der Waals surface area contributed by atoms with E-state index in [1.165, 1.54) is 10.9 Å². The summed E-state index contributed by atoms with van der Waals surface area (Å²) in [5, 5.41) is 6.87. The Morgan fingerprint density at radius 1 is 1.50 bits per heavy atom. The Hall–Kier alpha value is -1.12. The number of nitrogens with one attached hydrogen (secondary N) is 1. The van der Waals surface area contributed by atoms with Crippen LogP contribution in [-0.2, 0) is 21.2 Å². The quantitative estimate of drug-likeness (QED) is 0.789. The number of nitrogens with zero attached hydrogens (tertiary/aromatic N) is 2. The summed E-state index contributed by atoms with van der Waals surface area (Å²) in [4.78, 5) is 11.9. The predicted molar refractivity (Wildman–Crippen MR) is 87.7 cm³/mol. The smallest absolute Gasteiger partial charge is 0.225 e. The van der Waals surface area contributed by atoms with Gasteiger partial charge in [-0.25, -0.2) is 8.42 Å². The number of aromatic nitrogens is 2. The zero-order valence-corrected chi connectivity index (χ0v) is 14.2. The van der Waals surface area contributed by atoms with E-state index in [0.717, 1.165) is 19.3 Å². The van der Waals surface area contributed by atoms with Crippen molar-refractivity contribution in [3.63, 3.8) is 0 Å². The van der Waals surface area contributed by atoms with Crippen LogP contribution in [-0.4, -0.2) is 42.2 Å². The number of hydrogen-bond donors (Lipinski definition) is 2. The topological polar surface area (TPSA) is 107 Å². The van der Waals surface area contributed by atoms with Crippen LogP contribution >= 0.6 is 12.4 Å². The van der Waals surface area contributed by atoms with E-state index < -0.39 is 9.84 Å². The number of carbonyl (C=O) groups excluding carboxylic acids is 1. The molecule has 0 aromatic carbocycles. The maximum Gasteiger partial charge on any atom is 0.225 e. The molecule has 1 aromatic rings. The van der Waals surface area contributed by atoms with Gasteiger partial charge in [0.1, 0.15) is 9.84 Å². The highest BCUT2D eigenvalue weighted by atomic mass is 35.5. The first-order chi connectivity index (χ1) is 9.83. The van der Waals surface area contributed by atoms with Crippen LogP contribution in [0.3, 0.4) is 0 Å². The molecule has 2 rings (SSSR count). The second kappa shape index (κ2) is 7.94. The third-order valence-electron chi connectivity index (χ3n) is 3.76. The van der Waals surface area contributed by atoms with Gasteiger partial charge in [-0.15, -0.1) is 12.4 Å². The summed E-state index contributed by atoms with van der Waals surface area (Å²) in [5.74, 6) is 0.627. The van der Waals surface area contributed by atoms with E-state index in [2.05, 4.69) is 10.4 Å². The van der Waals surface area contributed by atoms with Crippen LogP contribution in [0.15, 0.2) is 12.3 Å². The lowest BCUT2D eigenvalue weighted by Gasteiger charge is -2.13. The molecule has 1 aliphatic carbocycles. The first-order valence-electron chi connectivity index (χ1n) is 7.10. The van der Waals surface area contributed by atoms with Gasteiger partial charge >= 0.3 is 0 Å². The summed E-state index contributed by atoms with van der Waals surface area (Å²) < 4.78 is 23.7. The average Bonchev–Trinajstić information content (AvgIpc) is 2.96. The molecule has 22 heavy (non-hydrogen) atoms. The molecule has 1 saturated carbocycles. The Balaban J connectivity index is 0.00000242. The molecule has 126 valence electrons. The molecule has 1 aliphatic rings. The van der Waals surface area contributed by atoms with Crippen molar-refractivity contribution in [2.45, 2.75) is 38.3 Å². The second-order valence-electron chi connectivity index (χ2n) is 5.70. The van der Waals surface area contributed by atoms with E-state index in [1.54, 1.807) is 12.3 Å². The molecule has 1 aromatic heterocycles. The Kier molecular flexibility index (Phi) is 6.83. The molecule has 0 radical (unpaired) electrons. The van der Waals surface area contributed by atoms with Crippen molar-refractivity contribution < 1.29 is 13.2 Å². The largest absolute Gasteiger partial charge is 0.327 e. The van der Waals surface area contributed by atoms with Crippen LogP contribution in [0.5, 0.6) is 0 Å². The van der Waals surface area contributed by atoms with Gasteiger partial charge < -0.3 is 11.1 Å². The van der Waals surface area contributed by atoms with Gasteiger partial charge in [-0.1, -0.05) is 6.42 Å². The molecule has 0 saturated heterocycles. The van der Waals surface area contributed by atoms with Gasteiger partial charge in [0.05, 0.1) is 12.3 Å². The SMILES string of the molecule is CS(=O)(=O)CCn1ccc(NC(=O)C[C@@H]2CCC[C@H]2N)n1.Cl. The van der Waals surface area contributed by atoms with Gasteiger partial charge in [-0.2, -0.15) is 5.10 Å². The number of nitrogens with two attached hydrogens (primary N) is 1. The molecule has 1 heterocycles. The Labute approximate surface area is 137 Å². The van der Waals surface area contributed by atoms with Crippen LogP contribution in [0.25, 0.3) is 0 Å². The van der Waals surface area contributed by atoms with Crippen molar-refractivity contribution in [1.29, 1.82) is 0 Å². The summed E-state index contributed by atoms with van der Waals surface area (Å²) in [7, 11) is -3.02. The van der Waals surface area contributed by atoms with Crippen LogP contribution in [0.4, 0.5) is 5.82 Å². The zero-order valence-electron chi connectivity index (χ0n) is 12.6. The Bertz CT molecular complexity index is 602. The molecule has 1 amide bonds. The molecule has 2 atom stereocenters. The number of amides is 1. The first-order valence-corrected chi connectivity index (χ1v) is 9.16. The number of halogens is 1. The highest BCUT2D eigenvalue weighted by molar-refractivity contribution is 7.90. The predicted octanol–water partition coefficient (Wildman–Crippen LogP) is 0.805. The third kappa shape index (κ3) is 5.94. The molecular formula is C13H23ClN4O3S. The van der Waals surface area contributed by atoms with Crippen molar-refractivity contribution in [3.05, 3.63) is 12.3 Å². The molecule has 9 heteroatoms. The molecular weight excluding hydrogens is 328 g/mol. The van der Waals surface area contributed by atoms with Crippen LogP contribution in [0.1, 0.15) is 25.7 Å². The lowest BCUT2D eigenvalue weighted by atomic mass is 10.00.